The molecule has 0 aromatic heterocycles. The average molecular weight is 391 g/mol. The van der Waals surface area contributed by atoms with Gasteiger partial charge in [0.25, 0.3) is 0 Å². The van der Waals surface area contributed by atoms with Crippen molar-refractivity contribution in [2.75, 3.05) is 13.2 Å². The van der Waals surface area contributed by atoms with Crippen molar-refractivity contribution in [3.63, 3.8) is 0 Å². The lowest BCUT2D eigenvalue weighted by molar-refractivity contribution is -0.238. The number of aliphatic hydroxyl groups excluding tert-OH is 1. The fourth-order valence-corrected chi connectivity index (χ4v) is 9.01. The molecule has 4 unspecified atom stereocenters. The maximum absolute atomic E-state index is 11.9. The molecule has 0 aromatic rings. The summed E-state index contributed by atoms with van der Waals surface area (Å²) in [6.45, 7) is 10.4. The maximum Gasteiger partial charge on any atom is 0.169 e. The fraction of sp³-hybridized carbons (Fsp3) is 0.917. The van der Waals surface area contributed by atoms with Crippen molar-refractivity contribution in [2.24, 2.45) is 34.5 Å². The molecular weight excluding hydrogens is 352 g/mol. The Hall–Kier alpha value is -0.420. The van der Waals surface area contributed by atoms with Crippen LogP contribution < -0.4 is 0 Å². The Kier molecular flexibility index (Phi) is 4.23. The zero-order chi connectivity index (χ0) is 19.9. The molecule has 0 aromatic carbocycles. The van der Waals surface area contributed by atoms with Crippen LogP contribution in [0.4, 0.5) is 0 Å². The molecule has 0 spiro atoms. The molecule has 5 rings (SSSR count). The van der Waals surface area contributed by atoms with E-state index in [1.54, 1.807) is 0 Å². The van der Waals surface area contributed by atoms with Gasteiger partial charge < -0.3 is 19.7 Å². The second-order valence-electron chi connectivity index (χ2n) is 11.4. The molecule has 0 amide bonds. The molecule has 4 heteroatoms. The second kappa shape index (κ2) is 6.06. The zero-order valence-corrected chi connectivity index (χ0v) is 18.0. The average Bonchev–Trinajstić information content (AvgIpc) is 3.18. The first-order chi connectivity index (χ1) is 13.1. The van der Waals surface area contributed by atoms with E-state index in [2.05, 4.69) is 33.8 Å². The van der Waals surface area contributed by atoms with Crippen molar-refractivity contribution in [1.82, 2.24) is 0 Å². The monoisotopic (exact) mass is 390 g/mol. The van der Waals surface area contributed by atoms with Crippen molar-refractivity contribution in [3.8, 4) is 0 Å². The van der Waals surface area contributed by atoms with Crippen LogP contribution in [0.5, 0.6) is 0 Å². The van der Waals surface area contributed by atoms with Crippen LogP contribution in [0.25, 0.3) is 0 Å². The molecule has 0 bridgehead atoms. The number of aliphatic hydroxyl groups is 2. The molecule has 5 aliphatic rings. The van der Waals surface area contributed by atoms with E-state index in [9.17, 15) is 10.2 Å². The standard InChI is InChI=1S/C24H38O4/c1-21-10-9-16(25)13-15(21)5-6-17-18-7-8-19(24(4)27-11-12-28-24)22(18,2)14-23(3,26)20(17)21/h5,16-20,25-26H,6-14H2,1-4H3/t16-,17?,18?,19-,20?,21-,22-,23?/m0/s1. The van der Waals surface area contributed by atoms with Crippen LogP contribution in [-0.2, 0) is 9.47 Å². The summed E-state index contributed by atoms with van der Waals surface area (Å²) in [7, 11) is 0. The number of hydrogen-bond acceptors (Lipinski definition) is 4. The lowest BCUT2D eigenvalue weighted by Gasteiger charge is -2.63. The Balaban J connectivity index is 1.54. The molecule has 28 heavy (non-hydrogen) atoms. The van der Waals surface area contributed by atoms with E-state index in [-0.39, 0.29) is 22.9 Å². The third kappa shape index (κ3) is 2.50. The van der Waals surface area contributed by atoms with Gasteiger partial charge in [0.05, 0.1) is 24.9 Å². The third-order valence-corrected chi connectivity index (χ3v) is 9.77. The largest absolute Gasteiger partial charge is 0.393 e. The van der Waals surface area contributed by atoms with Crippen molar-refractivity contribution in [2.45, 2.75) is 90.1 Å². The van der Waals surface area contributed by atoms with E-state index in [0.717, 1.165) is 38.5 Å². The summed E-state index contributed by atoms with van der Waals surface area (Å²) in [4.78, 5) is 0. The molecule has 0 radical (unpaired) electrons. The minimum atomic E-state index is -0.704. The van der Waals surface area contributed by atoms with E-state index in [4.69, 9.17) is 9.47 Å². The number of fused-ring (bicyclic) bond motifs is 5. The highest BCUT2D eigenvalue weighted by atomic mass is 16.7. The normalized spacial score (nSPS) is 55.2. The van der Waals surface area contributed by atoms with E-state index < -0.39 is 11.4 Å². The predicted octanol–water partition coefficient (Wildman–Crippen LogP) is 4.05. The summed E-state index contributed by atoms with van der Waals surface area (Å²) in [5.74, 6) is 1.23. The SMILES string of the molecule is CC1(O)C[C@@]2(C)C(CC[C@@H]2C2(C)OCCO2)C2CC=C3C[C@@H](O)CC[C@]3(C)C21. The molecule has 1 heterocycles. The summed E-state index contributed by atoms with van der Waals surface area (Å²) in [5, 5.41) is 22.2. The van der Waals surface area contributed by atoms with Gasteiger partial charge in [-0.25, -0.2) is 0 Å². The van der Waals surface area contributed by atoms with Crippen molar-refractivity contribution >= 4 is 0 Å². The van der Waals surface area contributed by atoms with Crippen molar-refractivity contribution in [3.05, 3.63) is 11.6 Å². The lowest BCUT2D eigenvalue weighted by Crippen LogP contribution is -2.62. The predicted molar refractivity (Wildman–Crippen MR) is 108 cm³/mol. The quantitative estimate of drug-likeness (QED) is 0.663. The minimum absolute atomic E-state index is 0.0231. The summed E-state index contributed by atoms with van der Waals surface area (Å²) in [5.41, 5.74) is 0.763. The molecule has 4 nitrogen and oxygen atoms in total. The molecule has 8 atom stereocenters. The lowest BCUT2D eigenvalue weighted by atomic mass is 9.43. The molecule has 4 fully saturated rings. The Morgan fingerprint density at radius 2 is 1.75 bits per heavy atom. The van der Waals surface area contributed by atoms with Gasteiger partial charge in [-0.05, 0) is 87.4 Å². The van der Waals surface area contributed by atoms with Crippen LogP contribution >= 0.6 is 0 Å². The second-order valence-corrected chi connectivity index (χ2v) is 11.4. The number of hydrogen-bond donors (Lipinski definition) is 2. The summed E-state index contributed by atoms with van der Waals surface area (Å²) in [6.07, 6.45) is 9.08. The van der Waals surface area contributed by atoms with Crippen LogP contribution in [0, 0.1) is 34.5 Å². The van der Waals surface area contributed by atoms with Gasteiger partial charge in [-0.1, -0.05) is 25.5 Å². The topological polar surface area (TPSA) is 58.9 Å². The van der Waals surface area contributed by atoms with Gasteiger partial charge in [-0.2, -0.15) is 0 Å². The Morgan fingerprint density at radius 1 is 1.04 bits per heavy atom. The highest BCUT2D eigenvalue weighted by Crippen LogP contribution is 2.70. The number of rotatable bonds is 1. The summed E-state index contributed by atoms with van der Waals surface area (Å²) >= 11 is 0. The Morgan fingerprint density at radius 3 is 2.46 bits per heavy atom. The van der Waals surface area contributed by atoms with Gasteiger partial charge in [0.2, 0.25) is 0 Å². The van der Waals surface area contributed by atoms with Crippen molar-refractivity contribution in [1.29, 1.82) is 0 Å². The van der Waals surface area contributed by atoms with E-state index in [1.165, 1.54) is 12.0 Å². The van der Waals surface area contributed by atoms with Crippen molar-refractivity contribution < 1.29 is 19.7 Å². The van der Waals surface area contributed by atoms with Crippen LogP contribution in [-0.4, -0.2) is 40.9 Å². The fourth-order valence-electron chi connectivity index (χ4n) is 9.01. The molecule has 2 N–H and O–H groups in total. The smallest absolute Gasteiger partial charge is 0.169 e. The number of allylic oxidation sites excluding steroid dienone is 1. The van der Waals surface area contributed by atoms with E-state index in [0.29, 0.717) is 31.0 Å². The number of ether oxygens (including phenoxy) is 2. The molecule has 3 saturated carbocycles. The van der Waals surface area contributed by atoms with Crippen LogP contribution in [0.15, 0.2) is 11.6 Å². The van der Waals surface area contributed by atoms with E-state index >= 15 is 0 Å². The summed E-state index contributed by atoms with van der Waals surface area (Å²) in [6, 6.07) is 0. The van der Waals surface area contributed by atoms with E-state index in [1.807, 2.05) is 0 Å². The maximum atomic E-state index is 11.9. The van der Waals surface area contributed by atoms with Gasteiger partial charge >= 0.3 is 0 Å². The Bertz CT molecular complexity index is 678. The third-order valence-electron chi connectivity index (χ3n) is 9.77. The highest BCUT2D eigenvalue weighted by Gasteiger charge is 2.67. The minimum Gasteiger partial charge on any atom is -0.393 e. The molecule has 1 aliphatic heterocycles. The van der Waals surface area contributed by atoms with Gasteiger partial charge in [-0.15, -0.1) is 0 Å². The Labute approximate surface area is 169 Å². The van der Waals surface area contributed by atoms with Crippen LogP contribution in [0.1, 0.15) is 72.6 Å². The molecule has 1 saturated heterocycles. The zero-order valence-electron chi connectivity index (χ0n) is 18.0. The van der Waals surface area contributed by atoms with Crippen LogP contribution in [0.2, 0.25) is 0 Å². The molecule has 4 aliphatic carbocycles. The first-order valence-electron chi connectivity index (χ1n) is 11.5. The van der Waals surface area contributed by atoms with Gasteiger partial charge in [0, 0.05) is 5.92 Å². The molecular formula is C24H38O4. The van der Waals surface area contributed by atoms with Gasteiger partial charge in [0.15, 0.2) is 5.79 Å². The van der Waals surface area contributed by atoms with Crippen LogP contribution in [0.3, 0.4) is 0 Å². The summed E-state index contributed by atoms with van der Waals surface area (Å²) < 4.78 is 12.2. The highest BCUT2D eigenvalue weighted by molar-refractivity contribution is 5.28. The molecule has 158 valence electrons. The van der Waals surface area contributed by atoms with Gasteiger partial charge in [0.1, 0.15) is 0 Å². The van der Waals surface area contributed by atoms with Gasteiger partial charge in [-0.3, -0.25) is 0 Å². The first kappa shape index (κ1) is 19.5. The first-order valence-corrected chi connectivity index (χ1v) is 11.5.